The van der Waals surface area contributed by atoms with E-state index in [-0.39, 0.29) is 11.7 Å². The number of amides is 1. The number of carboxylic acids is 1. The molecule has 7 heteroatoms. The fraction of sp³-hybridized carbons (Fsp3) is 0.500. The summed E-state index contributed by atoms with van der Waals surface area (Å²) in [6, 6.07) is 4.43. The Balaban J connectivity index is 1.61. The van der Waals surface area contributed by atoms with Crippen molar-refractivity contribution in [3.05, 3.63) is 29.6 Å². The van der Waals surface area contributed by atoms with Crippen LogP contribution in [0.25, 0.3) is 0 Å². The smallest absolute Gasteiger partial charge is 0.307 e. The number of halogens is 1. The van der Waals surface area contributed by atoms with Crippen LogP contribution in [0.3, 0.4) is 0 Å². The second kappa shape index (κ2) is 6.82. The standard InChI is InChI=1S/C18H21FN2O4/c1-11(22)12-2-5-16(15(19)10-12)20-6-8-21(9-7-20)17(23)13-3-4-14(13)18(24)25/h2,5,10,13-14H,3-4,6-9H2,1H3,(H,24,25). The molecule has 134 valence electrons. The average molecular weight is 348 g/mol. The van der Waals surface area contributed by atoms with Crippen LogP contribution < -0.4 is 4.90 Å². The minimum atomic E-state index is -0.907. The first-order valence-corrected chi connectivity index (χ1v) is 8.45. The van der Waals surface area contributed by atoms with Crippen LogP contribution in [0, 0.1) is 17.7 Å². The van der Waals surface area contributed by atoms with E-state index in [9.17, 15) is 18.8 Å². The van der Waals surface area contributed by atoms with Gasteiger partial charge in [-0.2, -0.15) is 0 Å². The second-order valence-corrected chi connectivity index (χ2v) is 6.66. The molecule has 1 saturated heterocycles. The van der Waals surface area contributed by atoms with Gasteiger partial charge >= 0.3 is 5.97 Å². The van der Waals surface area contributed by atoms with E-state index in [1.165, 1.54) is 13.0 Å². The molecule has 2 atom stereocenters. The minimum absolute atomic E-state index is 0.106. The van der Waals surface area contributed by atoms with E-state index in [0.717, 1.165) is 0 Å². The third-order valence-electron chi connectivity index (χ3n) is 5.20. The Morgan fingerprint density at radius 1 is 1.08 bits per heavy atom. The monoisotopic (exact) mass is 348 g/mol. The third kappa shape index (κ3) is 3.36. The Kier molecular flexibility index (Phi) is 4.74. The molecule has 0 bridgehead atoms. The van der Waals surface area contributed by atoms with Crippen LogP contribution in [0.4, 0.5) is 10.1 Å². The van der Waals surface area contributed by atoms with Crippen molar-refractivity contribution < 1.29 is 23.9 Å². The number of carbonyl (C=O) groups excluding carboxylic acids is 2. The Bertz CT molecular complexity index is 713. The van der Waals surface area contributed by atoms with E-state index >= 15 is 0 Å². The molecule has 2 unspecified atom stereocenters. The van der Waals surface area contributed by atoms with Crippen molar-refractivity contribution in [3.8, 4) is 0 Å². The van der Waals surface area contributed by atoms with Crippen LogP contribution >= 0.6 is 0 Å². The van der Waals surface area contributed by atoms with Crippen LogP contribution in [0.5, 0.6) is 0 Å². The number of carbonyl (C=O) groups is 3. The lowest BCUT2D eigenvalue weighted by Crippen LogP contribution is -2.53. The summed E-state index contributed by atoms with van der Waals surface area (Å²) in [4.78, 5) is 38.4. The van der Waals surface area contributed by atoms with Gasteiger partial charge in [-0.25, -0.2) is 4.39 Å². The largest absolute Gasteiger partial charge is 0.481 e. The first-order valence-electron chi connectivity index (χ1n) is 8.45. The normalized spacial score (nSPS) is 23.1. The highest BCUT2D eigenvalue weighted by molar-refractivity contribution is 5.94. The molecule has 1 heterocycles. The van der Waals surface area contributed by atoms with Gasteiger partial charge < -0.3 is 14.9 Å². The zero-order valence-electron chi connectivity index (χ0n) is 14.1. The number of hydrogen-bond donors (Lipinski definition) is 1. The molecule has 2 aliphatic rings. The number of ketones is 1. The van der Waals surface area contributed by atoms with Crippen LogP contribution in [-0.2, 0) is 9.59 Å². The molecule has 0 spiro atoms. The van der Waals surface area contributed by atoms with Crippen molar-refractivity contribution in [2.24, 2.45) is 11.8 Å². The van der Waals surface area contributed by atoms with Gasteiger partial charge in [0.1, 0.15) is 5.82 Å². The highest BCUT2D eigenvalue weighted by atomic mass is 19.1. The quantitative estimate of drug-likeness (QED) is 0.840. The zero-order chi connectivity index (χ0) is 18.1. The van der Waals surface area contributed by atoms with Crippen molar-refractivity contribution in [2.45, 2.75) is 19.8 Å². The van der Waals surface area contributed by atoms with Crippen LogP contribution in [-0.4, -0.2) is 53.8 Å². The number of anilines is 1. The average Bonchev–Trinajstić information content (AvgIpc) is 2.53. The van der Waals surface area contributed by atoms with E-state index < -0.39 is 23.6 Å². The molecule has 0 radical (unpaired) electrons. The maximum atomic E-state index is 14.2. The fourth-order valence-electron chi connectivity index (χ4n) is 3.48. The molecule has 2 fully saturated rings. The lowest BCUT2D eigenvalue weighted by Gasteiger charge is -2.41. The number of Topliss-reactive ketones (excluding diaryl/α,β-unsaturated/α-hetero) is 1. The van der Waals surface area contributed by atoms with Crippen LogP contribution in [0.1, 0.15) is 30.1 Å². The van der Waals surface area contributed by atoms with Crippen molar-refractivity contribution in [2.75, 3.05) is 31.1 Å². The third-order valence-corrected chi connectivity index (χ3v) is 5.20. The highest BCUT2D eigenvalue weighted by Crippen LogP contribution is 2.36. The first-order chi connectivity index (χ1) is 11.9. The minimum Gasteiger partial charge on any atom is -0.481 e. The molecular formula is C18H21FN2O4. The van der Waals surface area contributed by atoms with Crippen molar-refractivity contribution in [3.63, 3.8) is 0 Å². The van der Waals surface area contributed by atoms with Gasteiger partial charge in [0.05, 0.1) is 17.5 Å². The molecule has 25 heavy (non-hydrogen) atoms. The van der Waals surface area contributed by atoms with Gasteiger partial charge in [0.15, 0.2) is 5.78 Å². The Labute approximate surface area is 145 Å². The van der Waals surface area contributed by atoms with E-state index in [0.29, 0.717) is 50.3 Å². The van der Waals surface area contributed by atoms with E-state index in [1.54, 1.807) is 17.0 Å². The molecular weight excluding hydrogens is 327 g/mol. The molecule has 1 saturated carbocycles. The molecule has 6 nitrogen and oxygen atoms in total. The molecule has 1 aromatic carbocycles. The number of nitrogens with zero attached hydrogens (tertiary/aromatic N) is 2. The molecule has 0 aromatic heterocycles. The summed E-state index contributed by atoms with van der Waals surface area (Å²) < 4.78 is 14.2. The Hall–Kier alpha value is -2.44. The molecule has 1 aliphatic heterocycles. The van der Waals surface area contributed by atoms with Gasteiger partial charge in [-0.3, -0.25) is 14.4 Å². The lowest BCUT2D eigenvalue weighted by molar-refractivity contribution is -0.156. The SMILES string of the molecule is CC(=O)c1ccc(N2CCN(C(=O)C3CCC3C(=O)O)CC2)c(F)c1. The number of hydrogen-bond acceptors (Lipinski definition) is 4. The summed E-state index contributed by atoms with van der Waals surface area (Å²) in [5.74, 6) is -2.63. The summed E-state index contributed by atoms with van der Waals surface area (Å²) in [7, 11) is 0. The maximum absolute atomic E-state index is 14.2. The number of rotatable bonds is 4. The van der Waals surface area contributed by atoms with Crippen molar-refractivity contribution >= 4 is 23.3 Å². The summed E-state index contributed by atoms with van der Waals surface area (Å²) >= 11 is 0. The first kappa shape index (κ1) is 17.4. The lowest BCUT2D eigenvalue weighted by atomic mass is 9.73. The van der Waals surface area contributed by atoms with Crippen molar-refractivity contribution in [1.29, 1.82) is 0 Å². The molecule has 3 rings (SSSR count). The molecule has 1 aromatic rings. The molecule has 1 N–H and O–H groups in total. The van der Waals surface area contributed by atoms with E-state index in [1.807, 2.05) is 4.90 Å². The van der Waals surface area contributed by atoms with Gasteiger partial charge in [0.2, 0.25) is 5.91 Å². The predicted molar refractivity (Wildman–Crippen MR) is 89.0 cm³/mol. The summed E-state index contributed by atoms with van der Waals surface area (Å²) in [6.45, 7) is 3.23. The molecule has 1 aliphatic carbocycles. The Morgan fingerprint density at radius 3 is 2.20 bits per heavy atom. The van der Waals surface area contributed by atoms with Crippen molar-refractivity contribution in [1.82, 2.24) is 4.90 Å². The van der Waals surface area contributed by atoms with Crippen LogP contribution in [0.2, 0.25) is 0 Å². The predicted octanol–water partition coefficient (Wildman–Crippen LogP) is 1.79. The van der Waals surface area contributed by atoms with Gasteiger partial charge in [0, 0.05) is 31.7 Å². The van der Waals surface area contributed by atoms with Crippen LogP contribution in [0.15, 0.2) is 18.2 Å². The Morgan fingerprint density at radius 2 is 1.72 bits per heavy atom. The molecule has 1 amide bonds. The van der Waals surface area contributed by atoms with Gasteiger partial charge in [-0.15, -0.1) is 0 Å². The van der Waals surface area contributed by atoms with Gasteiger partial charge in [-0.1, -0.05) is 0 Å². The van der Waals surface area contributed by atoms with Gasteiger partial charge in [0.25, 0.3) is 0 Å². The summed E-state index contributed by atoms with van der Waals surface area (Å²) in [5.41, 5.74) is 0.754. The second-order valence-electron chi connectivity index (χ2n) is 6.66. The van der Waals surface area contributed by atoms with Gasteiger partial charge in [-0.05, 0) is 38.0 Å². The number of piperazine rings is 1. The number of carboxylic acid groups (broad SMARTS) is 1. The fourth-order valence-corrected chi connectivity index (χ4v) is 3.48. The summed E-state index contributed by atoms with van der Waals surface area (Å²) in [5, 5.41) is 9.09. The highest BCUT2D eigenvalue weighted by Gasteiger charge is 2.43. The number of aliphatic carboxylic acids is 1. The van der Waals surface area contributed by atoms with E-state index in [4.69, 9.17) is 5.11 Å². The zero-order valence-corrected chi connectivity index (χ0v) is 14.1. The maximum Gasteiger partial charge on any atom is 0.307 e. The summed E-state index contributed by atoms with van der Waals surface area (Å²) in [6.07, 6.45) is 1.18. The van der Waals surface area contributed by atoms with E-state index in [2.05, 4.69) is 0 Å². The number of benzene rings is 1. The topological polar surface area (TPSA) is 77.9 Å².